The molecule has 1 aliphatic carbocycles. The number of thioether (sulfide) groups is 1. The maximum Gasteiger partial charge on any atom is 0.336 e. The number of carbonyl (C=O) groups excluding carboxylic acids is 3. The number of ketones is 1. The Morgan fingerprint density at radius 1 is 1.28 bits per heavy atom. The maximum absolute atomic E-state index is 13.8. The minimum atomic E-state index is -1.01. The molecule has 3 unspecified atom stereocenters. The second-order valence-corrected chi connectivity index (χ2v) is 10.5. The van der Waals surface area contributed by atoms with E-state index in [1.807, 2.05) is 13.8 Å². The van der Waals surface area contributed by atoms with E-state index in [-0.39, 0.29) is 46.8 Å². The van der Waals surface area contributed by atoms with E-state index in [0.29, 0.717) is 29.1 Å². The molecule has 2 N–H and O–H groups in total. The number of rotatable bonds is 9. The van der Waals surface area contributed by atoms with Gasteiger partial charge in [0.05, 0.1) is 24.3 Å². The summed E-state index contributed by atoms with van der Waals surface area (Å²) in [6.07, 6.45) is 0.411. The lowest BCUT2D eigenvalue weighted by atomic mass is 9.69. The Labute approximate surface area is 220 Å². The Bertz CT molecular complexity index is 1110. The molecular formula is C26H32ClNO7S. The van der Waals surface area contributed by atoms with Gasteiger partial charge in [0, 0.05) is 28.6 Å². The number of nitrogens with one attached hydrogen (secondary N) is 1. The van der Waals surface area contributed by atoms with E-state index in [1.165, 1.54) is 13.2 Å². The number of carbonyl (C=O) groups is 3. The van der Waals surface area contributed by atoms with Gasteiger partial charge in [-0.1, -0.05) is 25.4 Å². The summed E-state index contributed by atoms with van der Waals surface area (Å²) >= 11 is 7.98. The quantitative estimate of drug-likeness (QED) is 0.269. The number of esters is 2. The summed E-state index contributed by atoms with van der Waals surface area (Å²) in [5.74, 6) is -2.37. The van der Waals surface area contributed by atoms with Crippen molar-refractivity contribution in [1.29, 1.82) is 0 Å². The zero-order chi connectivity index (χ0) is 26.6. The topological polar surface area (TPSA) is 111 Å². The van der Waals surface area contributed by atoms with Crippen LogP contribution in [0.4, 0.5) is 0 Å². The van der Waals surface area contributed by atoms with Crippen molar-refractivity contribution >= 4 is 41.1 Å². The normalized spacial score (nSPS) is 21.6. The van der Waals surface area contributed by atoms with Crippen LogP contribution in [0.1, 0.15) is 45.6 Å². The lowest BCUT2D eigenvalue weighted by Crippen LogP contribution is -2.43. The summed E-state index contributed by atoms with van der Waals surface area (Å²) in [6.45, 7) is 7.84. The summed E-state index contributed by atoms with van der Waals surface area (Å²) in [5.41, 5.74) is 2.18. The van der Waals surface area contributed by atoms with E-state index in [4.69, 9.17) is 25.8 Å². The predicted molar refractivity (Wildman–Crippen MR) is 138 cm³/mol. The van der Waals surface area contributed by atoms with Crippen molar-refractivity contribution in [3.05, 3.63) is 45.3 Å². The third-order valence-electron chi connectivity index (χ3n) is 6.31. The van der Waals surface area contributed by atoms with Gasteiger partial charge in [-0.15, -0.1) is 0 Å². The van der Waals surface area contributed by atoms with Crippen molar-refractivity contribution in [3.63, 3.8) is 0 Å². The highest BCUT2D eigenvalue weighted by Crippen LogP contribution is 2.48. The number of benzene rings is 1. The fourth-order valence-corrected chi connectivity index (χ4v) is 5.43. The van der Waals surface area contributed by atoms with Crippen LogP contribution in [0.3, 0.4) is 0 Å². The van der Waals surface area contributed by atoms with Gasteiger partial charge in [0.25, 0.3) is 0 Å². The molecule has 36 heavy (non-hydrogen) atoms. The number of hydrogen-bond acceptors (Lipinski definition) is 9. The standard InChI is InChI=1S/C26H32ClNO7S/c1-6-34-18-12-15(11-16(27)23(18)29)21-20(26(32)35-8-9-36-7-2)14(4)28-17-10-13(3)19(25(31)33-5)24(30)22(17)21/h11-13,19,21,28-29H,6-10H2,1-5H3. The molecule has 2 aliphatic rings. The van der Waals surface area contributed by atoms with E-state index >= 15 is 0 Å². The van der Waals surface area contributed by atoms with E-state index in [0.717, 1.165) is 5.75 Å². The molecule has 10 heteroatoms. The van der Waals surface area contributed by atoms with Crippen LogP contribution in [0.25, 0.3) is 0 Å². The van der Waals surface area contributed by atoms with Gasteiger partial charge in [0.2, 0.25) is 0 Å². The lowest BCUT2D eigenvalue weighted by molar-refractivity contribution is -0.151. The first-order chi connectivity index (χ1) is 17.2. The van der Waals surface area contributed by atoms with Gasteiger partial charge in [-0.05, 0) is 49.6 Å². The monoisotopic (exact) mass is 537 g/mol. The average Bonchev–Trinajstić information content (AvgIpc) is 2.83. The number of hydrogen-bond donors (Lipinski definition) is 2. The average molecular weight is 538 g/mol. The molecule has 3 rings (SSSR count). The Balaban J connectivity index is 2.17. The van der Waals surface area contributed by atoms with Gasteiger partial charge >= 0.3 is 11.9 Å². The minimum Gasteiger partial charge on any atom is -0.503 e. The van der Waals surface area contributed by atoms with E-state index in [9.17, 15) is 19.5 Å². The fourth-order valence-electron chi connectivity index (χ4n) is 4.73. The first kappa shape index (κ1) is 27.9. The summed E-state index contributed by atoms with van der Waals surface area (Å²) in [7, 11) is 1.25. The van der Waals surface area contributed by atoms with Crippen LogP contribution in [-0.2, 0) is 23.9 Å². The number of Topliss-reactive ketones (excluding diaryl/α,β-unsaturated/α-hetero) is 1. The highest BCUT2D eigenvalue weighted by Gasteiger charge is 2.47. The molecule has 1 aromatic carbocycles. The second kappa shape index (κ2) is 12.1. The number of aromatic hydroxyl groups is 1. The Morgan fingerprint density at radius 3 is 2.64 bits per heavy atom. The minimum absolute atomic E-state index is 0.0162. The van der Waals surface area contributed by atoms with Gasteiger partial charge in [-0.25, -0.2) is 4.79 Å². The van der Waals surface area contributed by atoms with Crippen LogP contribution in [0, 0.1) is 11.8 Å². The van der Waals surface area contributed by atoms with Crippen LogP contribution in [-0.4, -0.2) is 54.7 Å². The van der Waals surface area contributed by atoms with Crippen molar-refractivity contribution in [2.45, 2.75) is 40.0 Å². The SMILES string of the molecule is CCOc1cc(C2C(C(=O)OCCSCC)=C(C)NC3=C2C(=O)C(C(=O)OC)C(C)C3)cc(Cl)c1O. The van der Waals surface area contributed by atoms with Crippen LogP contribution in [0.2, 0.25) is 5.02 Å². The largest absolute Gasteiger partial charge is 0.503 e. The van der Waals surface area contributed by atoms with Crippen molar-refractivity contribution in [1.82, 2.24) is 5.32 Å². The number of ether oxygens (including phenoxy) is 3. The van der Waals surface area contributed by atoms with Gasteiger partial charge in [0.1, 0.15) is 12.5 Å². The first-order valence-electron chi connectivity index (χ1n) is 11.9. The van der Waals surface area contributed by atoms with Gasteiger partial charge in [0.15, 0.2) is 17.3 Å². The predicted octanol–water partition coefficient (Wildman–Crippen LogP) is 4.35. The molecular weight excluding hydrogens is 506 g/mol. The molecule has 1 aromatic rings. The molecule has 8 nitrogen and oxygen atoms in total. The molecule has 0 spiro atoms. The number of phenols is 1. The molecule has 196 valence electrons. The third-order valence-corrected chi connectivity index (χ3v) is 7.46. The van der Waals surface area contributed by atoms with Gasteiger partial charge in [-0.2, -0.15) is 11.8 Å². The van der Waals surface area contributed by atoms with Gasteiger partial charge in [-0.3, -0.25) is 9.59 Å². The number of dihydropyridines is 1. The maximum atomic E-state index is 13.8. The highest BCUT2D eigenvalue weighted by atomic mass is 35.5. The number of phenolic OH excluding ortho intramolecular Hbond substituents is 1. The van der Waals surface area contributed by atoms with E-state index < -0.39 is 29.6 Å². The Kier molecular flexibility index (Phi) is 9.35. The van der Waals surface area contributed by atoms with E-state index in [1.54, 1.807) is 31.7 Å². The number of methoxy groups -OCH3 is 1. The van der Waals surface area contributed by atoms with Crippen LogP contribution in [0.15, 0.2) is 34.7 Å². The summed E-state index contributed by atoms with van der Waals surface area (Å²) in [4.78, 5) is 39.7. The van der Waals surface area contributed by atoms with E-state index in [2.05, 4.69) is 5.32 Å². The zero-order valence-corrected chi connectivity index (χ0v) is 22.7. The highest BCUT2D eigenvalue weighted by molar-refractivity contribution is 7.99. The number of allylic oxidation sites excluding steroid dienone is 3. The van der Waals surface area contributed by atoms with Crippen molar-refractivity contribution < 1.29 is 33.7 Å². The Morgan fingerprint density at radius 2 is 2.00 bits per heavy atom. The third kappa shape index (κ3) is 5.52. The Hall–Kier alpha value is -2.65. The fraction of sp³-hybridized carbons (Fsp3) is 0.500. The van der Waals surface area contributed by atoms with Crippen LogP contribution in [0.5, 0.6) is 11.5 Å². The second-order valence-electron chi connectivity index (χ2n) is 8.65. The summed E-state index contributed by atoms with van der Waals surface area (Å²) in [6, 6.07) is 3.07. The van der Waals surface area contributed by atoms with Crippen LogP contribution < -0.4 is 10.1 Å². The van der Waals surface area contributed by atoms with Crippen molar-refractivity contribution in [3.8, 4) is 11.5 Å². The zero-order valence-electron chi connectivity index (χ0n) is 21.1. The summed E-state index contributed by atoms with van der Waals surface area (Å²) in [5, 5.41) is 13.6. The smallest absolute Gasteiger partial charge is 0.336 e. The molecule has 0 radical (unpaired) electrons. The summed E-state index contributed by atoms with van der Waals surface area (Å²) < 4.78 is 16.1. The number of halogens is 1. The molecule has 0 amide bonds. The molecule has 0 saturated heterocycles. The van der Waals surface area contributed by atoms with Crippen LogP contribution >= 0.6 is 23.4 Å². The molecule has 3 atom stereocenters. The first-order valence-corrected chi connectivity index (χ1v) is 13.4. The molecule has 0 saturated carbocycles. The van der Waals surface area contributed by atoms with Crippen molar-refractivity contribution in [2.75, 3.05) is 31.8 Å². The van der Waals surface area contributed by atoms with Gasteiger partial charge < -0.3 is 24.6 Å². The molecule has 0 fully saturated rings. The molecule has 1 aliphatic heterocycles. The molecule has 0 bridgehead atoms. The molecule has 1 heterocycles. The van der Waals surface area contributed by atoms with Crippen molar-refractivity contribution in [2.24, 2.45) is 11.8 Å². The molecule has 0 aromatic heterocycles. The lowest BCUT2D eigenvalue weighted by Gasteiger charge is -2.38.